The summed E-state index contributed by atoms with van der Waals surface area (Å²) in [7, 11) is 6.39. The molecule has 0 N–H and O–H groups in total. The van der Waals surface area contributed by atoms with Crippen LogP contribution in [0.3, 0.4) is 0 Å². The van der Waals surface area contributed by atoms with Crippen molar-refractivity contribution in [3.63, 3.8) is 0 Å². The van der Waals surface area contributed by atoms with Crippen LogP contribution in [0.15, 0.2) is 97.1 Å². The third-order valence-corrected chi connectivity index (χ3v) is 7.52. The highest BCUT2D eigenvalue weighted by molar-refractivity contribution is 5.67. The Morgan fingerprint density at radius 3 is 0.841 bits per heavy atom. The maximum absolute atomic E-state index is 12.7. The molecule has 0 aliphatic rings. The standard InChI is InChI=1S/C36H38O8/c1-23(37)43-35(27-11-19-31(41-5)20-12-27)33(25-7-15-29(39-3)16-8-25)34(26-9-17-30(40-4)18-10-26)36(44-24(2)38)28-13-21-32(42-6)22-14-28/h7-22,33-36H,1-6H3/t33-,34+,35-,36+. The zero-order valence-corrected chi connectivity index (χ0v) is 25.8. The molecule has 0 aromatic heterocycles. The molecule has 4 atom stereocenters. The van der Waals surface area contributed by atoms with Crippen molar-refractivity contribution >= 4 is 11.9 Å². The van der Waals surface area contributed by atoms with Gasteiger partial charge in [-0.1, -0.05) is 48.5 Å². The number of ether oxygens (including phenoxy) is 6. The van der Waals surface area contributed by atoms with Crippen LogP contribution < -0.4 is 18.9 Å². The van der Waals surface area contributed by atoms with Crippen molar-refractivity contribution in [3.8, 4) is 23.0 Å². The van der Waals surface area contributed by atoms with Gasteiger partial charge in [0, 0.05) is 25.7 Å². The molecule has 0 heterocycles. The summed E-state index contributed by atoms with van der Waals surface area (Å²) in [6.45, 7) is 2.77. The van der Waals surface area contributed by atoms with Gasteiger partial charge in [-0.25, -0.2) is 0 Å². The maximum Gasteiger partial charge on any atom is 0.303 e. The first-order valence-corrected chi connectivity index (χ1v) is 14.2. The summed E-state index contributed by atoms with van der Waals surface area (Å²) < 4.78 is 34.0. The van der Waals surface area contributed by atoms with Gasteiger partial charge in [0.05, 0.1) is 28.4 Å². The smallest absolute Gasteiger partial charge is 0.303 e. The molecule has 4 aromatic carbocycles. The number of carbonyl (C=O) groups excluding carboxylic acids is 2. The maximum atomic E-state index is 12.7. The van der Waals surface area contributed by atoms with Crippen molar-refractivity contribution in [1.29, 1.82) is 0 Å². The number of benzene rings is 4. The zero-order valence-electron chi connectivity index (χ0n) is 25.8. The minimum absolute atomic E-state index is 0.453. The largest absolute Gasteiger partial charge is 0.497 e. The Hall–Kier alpha value is -4.98. The van der Waals surface area contributed by atoms with Gasteiger partial charge in [0.25, 0.3) is 0 Å². The lowest BCUT2D eigenvalue weighted by molar-refractivity contribution is -0.153. The van der Waals surface area contributed by atoms with Crippen molar-refractivity contribution in [2.24, 2.45) is 0 Å². The first kappa shape index (κ1) is 31.9. The monoisotopic (exact) mass is 598 g/mol. The van der Waals surface area contributed by atoms with Gasteiger partial charge in [-0.3, -0.25) is 9.59 Å². The molecule has 8 heteroatoms. The summed E-state index contributed by atoms with van der Waals surface area (Å²) in [4.78, 5) is 25.5. The van der Waals surface area contributed by atoms with Crippen LogP contribution in [0.1, 0.15) is 60.1 Å². The van der Waals surface area contributed by atoms with Crippen LogP contribution in [0.2, 0.25) is 0 Å². The van der Waals surface area contributed by atoms with Crippen molar-refractivity contribution in [1.82, 2.24) is 0 Å². The van der Waals surface area contributed by atoms with Crippen molar-refractivity contribution in [2.45, 2.75) is 37.9 Å². The second-order valence-electron chi connectivity index (χ2n) is 10.2. The quantitative estimate of drug-likeness (QED) is 0.149. The number of esters is 2. The highest BCUT2D eigenvalue weighted by Crippen LogP contribution is 2.51. The van der Waals surface area contributed by atoms with Crippen LogP contribution in [0.5, 0.6) is 23.0 Å². The molecule has 44 heavy (non-hydrogen) atoms. The minimum Gasteiger partial charge on any atom is -0.497 e. The van der Waals surface area contributed by atoms with Crippen molar-refractivity contribution in [2.75, 3.05) is 28.4 Å². The van der Waals surface area contributed by atoms with Gasteiger partial charge in [-0.05, 0) is 70.8 Å². The van der Waals surface area contributed by atoms with E-state index in [0.29, 0.717) is 23.0 Å². The molecule has 0 bridgehead atoms. The third-order valence-electron chi connectivity index (χ3n) is 7.52. The second kappa shape index (κ2) is 15.0. The molecule has 0 amide bonds. The van der Waals surface area contributed by atoms with Gasteiger partial charge in [0.1, 0.15) is 35.2 Å². The van der Waals surface area contributed by atoms with E-state index in [2.05, 4.69) is 0 Å². The van der Waals surface area contributed by atoms with Crippen molar-refractivity contribution in [3.05, 3.63) is 119 Å². The lowest BCUT2D eigenvalue weighted by Gasteiger charge is -2.38. The van der Waals surface area contributed by atoms with Crippen LogP contribution >= 0.6 is 0 Å². The number of hydrogen-bond acceptors (Lipinski definition) is 8. The van der Waals surface area contributed by atoms with Gasteiger partial charge in [-0.15, -0.1) is 0 Å². The number of rotatable bonds is 13. The fourth-order valence-electron chi connectivity index (χ4n) is 5.44. The Morgan fingerprint density at radius 1 is 0.409 bits per heavy atom. The van der Waals surface area contributed by atoms with Gasteiger partial charge in [0.15, 0.2) is 0 Å². The first-order valence-electron chi connectivity index (χ1n) is 14.2. The van der Waals surface area contributed by atoms with Crippen LogP contribution in [0.25, 0.3) is 0 Å². The van der Waals surface area contributed by atoms with Crippen LogP contribution in [0, 0.1) is 0 Å². The van der Waals surface area contributed by atoms with Crippen molar-refractivity contribution < 1.29 is 38.0 Å². The SMILES string of the molecule is COc1ccc([C@H]([C@H](c2ccc(OC)cc2)[C@@H](OC(C)=O)c2ccc(OC)cc2)[C@H](OC(C)=O)c2ccc(OC)cc2)cc1. The molecule has 0 saturated heterocycles. The Morgan fingerprint density at radius 2 is 0.636 bits per heavy atom. The molecule has 0 aliphatic carbocycles. The summed E-state index contributed by atoms with van der Waals surface area (Å²) in [6.07, 6.45) is -1.56. The Kier molecular flexibility index (Phi) is 10.9. The summed E-state index contributed by atoms with van der Waals surface area (Å²) in [6, 6.07) is 30.0. The molecule has 0 saturated carbocycles. The molecule has 0 unspecified atom stereocenters. The average Bonchev–Trinajstić information content (AvgIpc) is 3.05. The van der Waals surface area contributed by atoms with E-state index in [-0.39, 0.29) is 0 Å². The highest BCUT2D eigenvalue weighted by atomic mass is 16.6. The van der Waals surface area contributed by atoms with Crippen LogP contribution in [-0.2, 0) is 19.1 Å². The Bertz CT molecular complexity index is 1380. The molecule has 0 radical (unpaired) electrons. The van der Waals surface area contributed by atoms with E-state index in [1.807, 2.05) is 97.1 Å². The summed E-state index contributed by atoms with van der Waals surface area (Å²) in [5.74, 6) is 0.689. The Balaban J connectivity index is 2.03. The number of methoxy groups -OCH3 is 4. The molecule has 8 nitrogen and oxygen atoms in total. The van der Waals surface area contributed by atoms with Gasteiger partial charge in [0.2, 0.25) is 0 Å². The molecule has 0 spiro atoms. The summed E-state index contributed by atoms with van der Waals surface area (Å²) >= 11 is 0. The van der Waals surface area contributed by atoms with E-state index in [0.717, 1.165) is 22.3 Å². The van der Waals surface area contributed by atoms with E-state index in [4.69, 9.17) is 28.4 Å². The van der Waals surface area contributed by atoms with Crippen LogP contribution in [0.4, 0.5) is 0 Å². The predicted molar refractivity (Wildman–Crippen MR) is 166 cm³/mol. The van der Waals surface area contributed by atoms with Gasteiger partial charge < -0.3 is 28.4 Å². The van der Waals surface area contributed by atoms with E-state index < -0.39 is 36.0 Å². The molecular formula is C36H38O8. The lowest BCUT2D eigenvalue weighted by atomic mass is 9.72. The fraction of sp³-hybridized carbons (Fsp3) is 0.278. The van der Waals surface area contributed by atoms with E-state index in [1.54, 1.807) is 28.4 Å². The number of carbonyl (C=O) groups is 2. The summed E-state index contributed by atoms with van der Waals surface area (Å²) in [5.41, 5.74) is 3.19. The van der Waals surface area contributed by atoms with E-state index in [9.17, 15) is 9.59 Å². The molecule has 0 aliphatic heterocycles. The predicted octanol–water partition coefficient (Wildman–Crippen LogP) is 7.20. The van der Waals surface area contributed by atoms with Gasteiger partial charge in [-0.2, -0.15) is 0 Å². The molecule has 230 valence electrons. The molecule has 4 rings (SSSR count). The topological polar surface area (TPSA) is 89.5 Å². The summed E-state index contributed by atoms with van der Waals surface area (Å²) in [5, 5.41) is 0. The third kappa shape index (κ3) is 7.69. The molecule has 4 aromatic rings. The van der Waals surface area contributed by atoms with E-state index >= 15 is 0 Å². The van der Waals surface area contributed by atoms with Crippen LogP contribution in [-0.4, -0.2) is 40.4 Å². The number of hydrogen-bond donors (Lipinski definition) is 0. The average molecular weight is 599 g/mol. The zero-order chi connectivity index (χ0) is 31.6. The highest BCUT2D eigenvalue weighted by Gasteiger charge is 2.42. The normalized spacial score (nSPS) is 13.5. The fourth-order valence-corrected chi connectivity index (χ4v) is 5.44. The van der Waals surface area contributed by atoms with E-state index in [1.165, 1.54) is 13.8 Å². The molecule has 0 fully saturated rings. The lowest BCUT2D eigenvalue weighted by Crippen LogP contribution is -2.29. The second-order valence-corrected chi connectivity index (χ2v) is 10.2. The van der Waals surface area contributed by atoms with Gasteiger partial charge >= 0.3 is 11.9 Å². The molecular weight excluding hydrogens is 560 g/mol. The minimum atomic E-state index is -0.782. The first-order chi connectivity index (χ1) is 21.3. The Labute approximate surface area is 258 Å².